The van der Waals surface area contributed by atoms with E-state index < -0.39 is 12.1 Å². The summed E-state index contributed by atoms with van der Waals surface area (Å²) in [5.41, 5.74) is 5.11. The highest BCUT2D eigenvalue weighted by Gasteiger charge is 2.32. The van der Waals surface area contributed by atoms with Crippen LogP contribution in [0.1, 0.15) is 0 Å². The minimum atomic E-state index is -4.81. The molecule has 0 aliphatic rings. The maximum Gasteiger partial charge on any atom is 0.573 e. The van der Waals surface area contributed by atoms with Gasteiger partial charge in [0.1, 0.15) is 6.61 Å². The summed E-state index contributed by atoms with van der Waals surface area (Å²) in [4.78, 5) is 0. The molecule has 0 aliphatic heterocycles. The first kappa shape index (κ1) is 12.9. The Hall–Kier alpha value is -2.12. The number of alkyl halides is 3. The van der Waals surface area contributed by atoms with E-state index >= 15 is 0 Å². The van der Waals surface area contributed by atoms with Gasteiger partial charge in [-0.05, 0) is 12.1 Å². The van der Waals surface area contributed by atoms with Gasteiger partial charge < -0.3 is 20.4 Å². The molecule has 5 nitrogen and oxygen atoms in total. The number of rotatable bonds is 4. The van der Waals surface area contributed by atoms with Crippen molar-refractivity contribution in [3.63, 3.8) is 0 Å². The number of hydrogen-bond acceptors (Lipinski definition) is 4. The number of nitrogens with two attached hydrogens (primary N) is 1. The third-order valence-electron chi connectivity index (χ3n) is 1.58. The molecule has 0 amide bonds. The van der Waals surface area contributed by atoms with Gasteiger partial charge in [-0.3, -0.25) is 0 Å². The molecule has 3 N–H and O–H groups in total. The fourth-order valence-electron chi connectivity index (χ4n) is 0.959. The molecule has 0 atom stereocenters. The summed E-state index contributed by atoms with van der Waals surface area (Å²) in [6.07, 6.45) is -4.81. The van der Waals surface area contributed by atoms with Gasteiger partial charge in [-0.25, -0.2) is 0 Å². The van der Waals surface area contributed by atoms with E-state index in [2.05, 4.69) is 9.89 Å². The van der Waals surface area contributed by atoms with Crippen LogP contribution in [-0.4, -0.2) is 24.0 Å². The Morgan fingerprint density at radius 1 is 1.29 bits per heavy atom. The average molecular weight is 250 g/mol. The summed E-state index contributed by atoms with van der Waals surface area (Å²) in [5.74, 6) is -0.922. The number of nitrogens with zero attached hydrogens (tertiary/aromatic N) is 1. The van der Waals surface area contributed by atoms with E-state index in [-0.39, 0.29) is 18.2 Å². The van der Waals surface area contributed by atoms with Crippen LogP contribution in [0.2, 0.25) is 0 Å². The standard InChI is InChI=1S/C9H9F3N2O3/c10-9(11,12)17-7-4-2-1-3-6(7)16-5-8(13)14-15/h1-4,15H,5H2,(H2,13,14). The first-order chi connectivity index (χ1) is 7.92. The van der Waals surface area contributed by atoms with Crippen molar-refractivity contribution >= 4 is 5.84 Å². The second-order valence-corrected chi connectivity index (χ2v) is 2.87. The first-order valence-corrected chi connectivity index (χ1v) is 4.36. The van der Waals surface area contributed by atoms with Gasteiger partial charge >= 0.3 is 6.36 Å². The number of oxime groups is 1. The molecule has 17 heavy (non-hydrogen) atoms. The lowest BCUT2D eigenvalue weighted by Gasteiger charge is -2.13. The SMILES string of the molecule is N/C(COc1ccccc1OC(F)(F)F)=N/O. The number of halogens is 3. The minimum Gasteiger partial charge on any atom is -0.482 e. The lowest BCUT2D eigenvalue weighted by molar-refractivity contribution is -0.275. The van der Waals surface area contributed by atoms with E-state index in [9.17, 15) is 13.2 Å². The number of hydrogen-bond donors (Lipinski definition) is 2. The summed E-state index contributed by atoms with van der Waals surface area (Å²) in [6, 6.07) is 5.18. The summed E-state index contributed by atoms with van der Waals surface area (Å²) < 4.78 is 44.7. The predicted molar refractivity (Wildman–Crippen MR) is 52.0 cm³/mol. The van der Waals surface area contributed by atoms with Gasteiger partial charge in [-0.1, -0.05) is 17.3 Å². The van der Waals surface area contributed by atoms with Crippen LogP contribution in [0, 0.1) is 0 Å². The van der Waals surface area contributed by atoms with Crippen molar-refractivity contribution in [3.8, 4) is 11.5 Å². The topological polar surface area (TPSA) is 77.1 Å². The largest absolute Gasteiger partial charge is 0.573 e. The quantitative estimate of drug-likeness (QED) is 0.369. The highest BCUT2D eigenvalue weighted by atomic mass is 19.4. The van der Waals surface area contributed by atoms with Crippen LogP contribution >= 0.6 is 0 Å². The lowest BCUT2D eigenvalue weighted by Crippen LogP contribution is -2.22. The summed E-state index contributed by atoms with van der Waals surface area (Å²) in [6.45, 7) is -0.352. The van der Waals surface area contributed by atoms with Crippen LogP contribution < -0.4 is 15.2 Å². The van der Waals surface area contributed by atoms with E-state index in [1.54, 1.807) is 0 Å². The minimum absolute atomic E-state index is 0.156. The zero-order chi connectivity index (χ0) is 12.9. The van der Waals surface area contributed by atoms with Crippen LogP contribution in [0.25, 0.3) is 0 Å². The Morgan fingerprint density at radius 3 is 2.41 bits per heavy atom. The molecule has 0 saturated carbocycles. The normalized spacial score (nSPS) is 12.3. The molecule has 0 aromatic heterocycles. The Bertz CT molecular complexity index is 407. The summed E-state index contributed by atoms with van der Waals surface area (Å²) >= 11 is 0. The zero-order valence-electron chi connectivity index (χ0n) is 8.44. The van der Waals surface area contributed by atoms with E-state index in [4.69, 9.17) is 15.7 Å². The summed E-state index contributed by atoms with van der Waals surface area (Å²) in [5, 5.41) is 10.9. The van der Waals surface area contributed by atoms with Crippen LogP contribution in [0.5, 0.6) is 11.5 Å². The van der Waals surface area contributed by atoms with Gasteiger partial charge in [0.05, 0.1) is 0 Å². The van der Waals surface area contributed by atoms with Gasteiger partial charge in [0.15, 0.2) is 17.3 Å². The Kier molecular flexibility index (Phi) is 4.02. The highest BCUT2D eigenvalue weighted by molar-refractivity contribution is 5.81. The number of amidine groups is 1. The third-order valence-corrected chi connectivity index (χ3v) is 1.58. The second kappa shape index (κ2) is 5.28. The molecule has 1 rings (SSSR count). The van der Waals surface area contributed by atoms with Crippen molar-refractivity contribution in [2.24, 2.45) is 10.9 Å². The maximum atomic E-state index is 12.0. The van der Waals surface area contributed by atoms with E-state index in [0.717, 1.165) is 6.07 Å². The van der Waals surface area contributed by atoms with Crippen LogP contribution in [0.3, 0.4) is 0 Å². The summed E-state index contributed by atoms with van der Waals surface area (Å²) in [7, 11) is 0. The molecule has 0 fully saturated rings. The Morgan fingerprint density at radius 2 is 1.88 bits per heavy atom. The predicted octanol–water partition coefficient (Wildman–Crippen LogP) is 1.71. The zero-order valence-corrected chi connectivity index (χ0v) is 8.44. The van der Waals surface area contributed by atoms with Crippen LogP contribution in [-0.2, 0) is 0 Å². The lowest BCUT2D eigenvalue weighted by atomic mass is 10.3. The second-order valence-electron chi connectivity index (χ2n) is 2.87. The van der Waals surface area contributed by atoms with Crippen molar-refractivity contribution in [3.05, 3.63) is 24.3 Å². The van der Waals surface area contributed by atoms with Crippen molar-refractivity contribution in [2.45, 2.75) is 6.36 Å². The Labute approximate surface area is 94.2 Å². The molecule has 0 saturated heterocycles. The smallest absolute Gasteiger partial charge is 0.482 e. The van der Waals surface area contributed by atoms with E-state index in [1.807, 2.05) is 0 Å². The molecule has 0 aliphatic carbocycles. The molecule has 8 heteroatoms. The van der Waals surface area contributed by atoms with E-state index in [0.29, 0.717) is 0 Å². The fraction of sp³-hybridized carbons (Fsp3) is 0.222. The van der Waals surface area contributed by atoms with Gasteiger partial charge in [0.25, 0.3) is 0 Å². The van der Waals surface area contributed by atoms with Gasteiger partial charge in [-0.15, -0.1) is 13.2 Å². The molecular weight excluding hydrogens is 241 g/mol. The monoisotopic (exact) mass is 250 g/mol. The molecule has 0 heterocycles. The van der Waals surface area contributed by atoms with Crippen molar-refractivity contribution < 1.29 is 27.9 Å². The molecule has 1 aromatic rings. The van der Waals surface area contributed by atoms with Gasteiger partial charge in [0, 0.05) is 0 Å². The van der Waals surface area contributed by atoms with Crippen molar-refractivity contribution in [1.82, 2.24) is 0 Å². The van der Waals surface area contributed by atoms with E-state index in [1.165, 1.54) is 18.2 Å². The molecule has 0 bridgehead atoms. The first-order valence-electron chi connectivity index (χ1n) is 4.36. The molecular formula is C9H9F3N2O3. The number of ether oxygens (including phenoxy) is 2. The molecule has 0 spiro atoms. The number of para-hydroxylation sites is 2. The third kappa shape index (κ3) is 4.49. The van der Waals surface area contributed by atoms with Gasteiger partial charge in [-0.2, -0.15) is 0 Å². The van der Waals surface area contributed by atoms with Crippen LogP contribution in [0.4, 0.5) is 13.2 Å². The highest BCUT2D eigenvalue weighted by Crippen LogP contribution is 2.31. The van der Waals surface area contributed by atoms with Crippen LogP contribution in [0.15, 0.2) is 29.4 Å². The molecule has 0 radical (unpaired) electrons. The average Bonchev–Trinajstić information content (AvgIpc) is 2.25. The van der Waals surface area contributed by atoms with Crippen molar-refractivity contribution in [1.29, 1.82) is 0 Å². The molecule has 0 unspecified atom stereocenters. The maximum absolute atomic E-state index is 12.0. The Balaban J connectivity index is 2.78. The van der Waals surface area contributed by atoms with Gasteiger partial charge in [0.2, 0.25) is 0 Å². The number of benzene rings is 1. The fourth-order valence-corrected chi connectivity index (χ4v) is 0.959. The molecule has 1 aromatic carbocycles. The van der Waals surface area contributed by atoms with Crippen molar-refractivity contribution in [2.75, 3.05) is 6.61 Å². The molecule has 94 valence electrons.